The summed E-state index contributed by atoms with van der Waals surface area (Å²) in [5.41, 5.74) is 0. The molecule has 4 heavy (non-hydrogen) atoms. The molecule has 2 radical (unpaired) electrons. The fourth-order valence-corrected chi connectivity index (χ4v) is 0. The van der Waals surface area contributed by atoms with Crippen LogP contribution in [0.15, 0.2) is 0 Å². The van der Waals surface area contributed by atoms with Crippen molar-refractivity contribution in [2.24, 2.45) is 0 Å². The van der Waals surface area contributed by atoms with Crippen LogP contribution in [-0.4, -0.2) is 51.4 Å². The molecule has 0 atom stereocenters. The quantitative estimate of drug-likeness (QED) is 0.468. The smallest absolute Gasteiger partial charge is 0 e. The second kappa shape index (κ2) is 16.4. The molecule has 0 saturated heterocycles. The van der Waals surface area contributed by atoms with Crippen molar-refractivity contribution in [3.05, 3.63) is 0 Å². The zero-order valence-electron chi connectivity index (χ0n) is 1.03. The van der Waals surface area contributed by atoms with E-state index >= 15 is 0 Å². The monoisotopic (exact) mass is 212 g/mol. The minimum absolute atomic E-state index is 0. The molecule has 0 aromatic rings. The van der Waals surface area contributed by atoms with Crippen LogP contribution in [0, 0.1) is 0 Å². The summed E-state index contributed by atoms with van der Waals surface area (Å²) in [7, 11) is 0. The average molecular weight is 213 g/mol. The largest absolute Gasteiger partial charge is 0 e. The van der Waals surface area contributed by atoms with Crippen molar-refractivity contribution in [2.75, 3.05) is 0 Å². The average Bonchev–Trinajstić information content (AvgIpc) is 0. The fraction of sp³-hybridized carbons (Fsp3) is 0. The van der Waals surface area contributed by atoms with Gasteiger partial charge < -0.3 is 0 Å². The molecule has 0 aliphatic rings. The van der Waals surface area contributed by atoms with E-state index in [1.165, 1.54) is 0 Å². The van der Waals surface area contributed by atoms with E-state index in [0.29, 0.717) is 0 Å². The van der Waals surface area contributed by atoms with Gasteiger partial charge in [0.2, 0.25) is 0 Å². The summed E-state index contributed by atoms with van der Waals surface area (Å²) in [4.78, 5) is 0. The molecule has 0 aromatic heterocycles. The molecule has 0 aromatic carbocycles. The molecule has 0 heterocycles. The molecule has 0 nitrogen and oxygen atoms in total. The Kier molecular flexibility index (Phi) is 112. The number of rotatable bonds is 0. The van der Waals surface area contributed by atoms with Gasteiger partial charge >= 0.3 is 51.4 Å². The van der Waals surface area contributed by atoms with Crippen LogP contribution >= 0.6 is 0 Å². The molecule has 0 aliphatic carbocycles. The van der Waals surface area contributed by atoms with Crippen LogP contribution in [0.5, 0.6) is 0 Å². The maximum Gasteiger partial charge on any atom is 0 e. The van der Waals surface area contributed by atoms with Gasteiger partial charge in [-0.05, 0) is 0 Å². The van der Waals surface area contributed by atoms with E-state index in [1.54, 1.807) is 0 Å². The van der Waals surface area contributed by atoms with E-state index in [1.807, 2.05) is 0 Å². The topological polar surface area (TPSA) is 0 Å². The van der Waals surface area contributed by atoms with Crippen molar-refractivity contribution in [1.29, 1.82) is 0 Å². The van der Waals surface area contributed by atoms with Gasteiger partial charge in [-0.25, -0.2) is 0 Å². The van der Waals surface area contributed by atoms with Crippen molar-refractivity contribution in [2.45, 2.75) is 0 Å². The molecule has 0 fully saturated rings. The van der Waals surface area contributed by atoms with Gasteiger partial charge in [0.25, 0.3) is 0 Å². The molecule has 28 valence electrons. The molecular weight excluding hydrogens is 212 g/mol. The van der Waals surface area contributed by atoms with Crippen LogP contribution < -0.4 is 0 Å². The van der Waals surface area contributed by atoms with Crippen LogP contribution in [0.1, 0.15) is 0 Å². The van der Waals surface area contributed by atoms with Gasteiger partial charge in [-0.3, -0.25) is 0 Å². The predicted molar refractivity (Wildman–Crippen MR) is 7.15 cm³/mol. The van der Waals surface area contributed by atoms with Crippen molar-refractivity contribution in [3.8, 4) is 0 Å². The summed E-state index contributed by atoms with van der Waals surface area (Å²) in [6.07, 6.45) is 0. The zero-order valence-corrected chi connectivity index (χ0v) is 4.24. The normalized spacial score (nSPS) is 0. The minimum Gasteiger partial charge on any atom is 0 e. The number of hydrogen-bond donors (Lipinski definition) is 0. The SMILES string of the molecule is [Co].[KH].[Mn].[Ni]. The standard InChI is InChI=1S/Co.K.Mn.Ni.H. The molecule has 0 unspecified atom stereocenters. The first kappa shape index (κ1) is 27.2. The van der Waals surface area contributed by atoms with Gasteiger partial charge in [0, 0.05) is 50.3 Å². The van der Waals surface area contributed by atoms with Crippen LogP contribution in [0.3, 0.4) is 0 Å². The van der Waals surface area contributed by atoms with Gasteiger partial charge in [0.1, 0.15) is 0 Å². The molecule has 0 N–H and O–H groups in total. The maximum atomic E-state index is 0. The third kappa shape index (κ3) is 8.94. The van der Waals surface area contributed by atoms with Crippen LogP contribution in [0.25, 0.3) is 0 Å². The first-order valence-corrected chi connectivity index (χ1v) is 0. The molecule has 0 bridgehead atoms. The Morgan fingerprint density at radius 2 is 1.00 bits per heavy atom. The van der Waals surface area contributed by atoms with E-state index in [-0.39, 0.29) is 102 Å². The Hall–Kier alpha value is 3.16. The second-order valence-corrected chi connectivity index (χ2v) is 0. The first-order valence-electron chi connectivity index (χ1n) is 0. The summed E-state index contributed by atoms with van der Waals surface area (Å²) in [5, 5.41) is 0. The summed E-state index contributed by atoms with van der Waals surface area (Å²) in [6, 6.07) is 0. The molecular formula is HCoKMnNi. The van der Waals surface area contributed by atoms with Gasteiger partial charge in [-0.1, -0.05) is 0 Å². The summed E-state index contributed by atoms with van der Waals surface area (Å²) in [6.45, 7) is 0. The van der Waals surface area contributed by atoms with Crippen molar-refractivity contribution in [3.63, 3.8) is 0 Å². The molecule has 0 aliphatic heterocycles. The third-order valence-electron chi connectivity index (χ3n) is 0. The molecule has 4 heteroatoms. The molecule has 0 saturated carbocycles. The van der Waals surface area contributed by atoms with Gasteiger partial charge in [0.15, 0.2) is 0 Å². The van der Waals surface area contributed by atoms with Crippen molar-refractivity contribution >= 4 is 51.4 Å². The summed E-state index contributed by atoms with van der Waals surface area (Å²) in [5.74, 6) is 0. The minimum atomic E-state index is 0. The van der Waals surface area contributed by atoms with E-state index < -0.39 is 0 Å². The van der Waals surface area contributed by atoms with E-state index in [4.69, 9.17) is 0 Å². The zero-order chi connectivity index (χ0) is 0. The van der Waals surface area contributed by atoms with Crippen molar-refractivity contribution < 1.29 is 50.3 Å². The Morgan fingerprint density at radius 1 is 1.00 bits per heavy atom. The van der Waals surface area contributed by atoms with Crippen LogP contribution in [0.4, 0.5) is 0 Å². The van der Waals surface area contributed by atoms with E-state index in [0.717, 1.165) is 0 Å². The third-order valence-corrected chi connectivity index (χ3v) is 0. The summed E-state index contributed by atoms with van der Waals surface area (Å²) < 4.78 is 0. The molecule has 0 amide bonds. The molecule has 0 rings (SSSR count). The van der Waals surface area contributed by atoms with Crippen LogP contribution in [0.2, 0.25) is 0 Å². The maximum absolute atomic E-state index is 0. The fourth-order valence-electron chi connectivity index (χ4n) is 0. The Morgan fingerprint density at radius 3 is 1.00 bits per heavy atom. The number of hydrogen-bond acceptors (Lipinski definition) is 0. The van der Waals surface area contributed by atoms with Crippen LogP contribution in [-0.2, 0) is 50.3 Å². The second-order valence-electron chi connectivity index (χ2n) is 0. The van der Waals surface area contributed by atoms with Gasteiger partial charge in [0.05, 0.1) is 0 Å². The predicted octanol–water partition coefficient (Wildman–Crippen LogP) is -0.656. The Bertz CT molecular complexity index is 8.00. The van der Waals surface area contributed by atoms with Crippen molar-refractivity contribution in [1.82, 2.24) is 0 Å². The van der Waals surface area contributed by atoms with E-state index in [9.17, 15) is 0 Å². The first-order chi connectivity index (χ1) is 0. The van der Waals surface area contributed by atoms with Gasteiger partial charge in [-0.15, -0.1) is 0 Å². The summed E-state index contributed by atoms with van der Waals surface area (Å²) >= 11 is 0. The van der Waals surface area contributed by atoms with E-state index in [2.05, 4.69) is 0 Å². The Balaban J connectivity index is 0. The van der Waals surface area contributed by atoms with Gasteiger partial charge in [-0.2, -0.15) is 0 Å². The Labute approximate surface area is 99.3 Å². The molecule has 0 spiro atoms.